The Kier molecular flexibility index (Phi) is 3.77. The second-order valence-electron chi connectivity index (χ2n) is 3.72. The van der Waals surface area contributed by atoms with Crippen LogP contribution in [0.1, 0.15) is 19.1 Å². The number of halogens is 1. The van der Waals surface area contributed by atoms with Crippen molar-refractivity contribution in [1.82, 2.24) is 10.1 Å². The molecule has 4 nitrogen and oxygen atoms in total. The molecule has 2 rings (SSSR count). The van der Waals surface area contributed by atoms with E-state index in [1.165, 1.54) is 0 Å². The molecule has 0 saturated carbocycles. The summed E-state index contributed by atoms with van der Waals surface area (Å²) in [6.07, 6.45) is 1.11. The fourth-order valence-electron chi connectivity index (χ4n) is 1.84. The Morgan fingerprint density at radius 1 is 1.67 bits per heavy atom. The minimum absolute atomic E-state index is 0.502. The highest BCUT2D eigenvalue weighted by atomic mass is 79.9. The lowest BCUT2D eigenvalue weighted by Gasteiger charge is -2.34. The SMILES string of the molecule is CCC1COCCN1Cc1cc(Br)no1. The van der Waals surface area contributed by atoms with Crippen molar-refractivity contribution in [3.8, 4) is 0 Å². The molecule has 2 heterocycles. The lowest BCUT2D eigenvalue weighted by Crippen LogP contribution is -2.44. The summed E-state index contributed by atoms with van der Waals surface area (Å²) in [5.41, 5.74) is 0. The molecule has 1 aromatic rings. The van der Waals surface area contributed by atoms with E-state index in [9.17, 15) is 0 Å². The normalized spacial score (nSPS) is 23.2. The maximum Gasteiger partial charge on any atom is 0.151 e. The standard InChI is InChI=1S/C10H15BrN2O2/c1-2-8-7-14-4-3-13(8)6-9-5-10(11)12-15-9/h5,8H,2-4,6-7H2,1H3. The largest absolute Gasteiger partial charge is 0.378 e. The molecule has 1 aliphatic heterocycles. The predicted octanol–water partition coefficient (Wildman–Crippen LogP) is 2.05. The van der Waals surface area contributed by atoms with Crippen LogP contribution in [0, 0.1) is 0 Å². The third kappa shape index (κ3) is 2.80. The average Bonchev–Trinajstić information content (AvgIpc) is 2.65. The summed E-state index contributed by atoms with van der Waals surface area (Å²) in [5.74, 6) is 0.905. The van der Waals surface area contributed by atoms with E-state index in [-0.39, 0.29) is 0 Å². The second kappa shape index (κ2) is 5.09. The lowest BCUT2D eigenvalue weighted by atomic mass is 10.1. The van der Waals surface area contributed by atoms with Crippen molar-refractivity contribution in [3.05, 3.63) is 16.4 Å². The molecule has 5 heteroatoms. The Hall–Kier alpha value is -0.390. The lowest BCUT2D eigenvalue weighted by molar-refractivity contribution is -0.0160. The van der Waals surface area contributed by atoms with Crippen LogP contribution in [0.4, 0.5) is 0 Å². The molecule has 1 aromatic heterocycles. The summed E-state index contributed by atoms with van der Waals surface area (Å²) in [6.45, 7) is 5.61. The number of aromatic nitrogens is 1. The van der Waals surface area contributed by atoms with Gasteiger partial charge in [0.25, 0.3) is 0 Å². The van der Waals surface area contributed by atoms with Gasteiger partial charge < -0.3 is 9.26 Å². The number of ether oxygens (including phenoxy) is 1. The van der Waals surface area contributed by atoms with Crippen molar-refractivity contribution in [2.24, 2.45) is 0 Å². The van der Waals surface area contributed by atoms with Gasteiger partial charge in [-0.05, 0) is 22.4 Å². The molecule has 0 spiro atoms. The Balaban J connectivity index is 1.97. The topological polar surface area (TPSA) is 38.5 Å². The molecule has 0 amide bonds. The van der Waals surface area contributed by atoms with Gasteiger partial charge in [0.2, 0.25) is 0 Å². The van der Waals surface area contributed by atoms with Gasteiger partial charge in [0.05, 0.1) is 19.8 Å². The molecular weight excluding hydrogens is 260 g/mol. The van der Waals surface area contributed by atoms with E-state index in [4.69, 9.17) is 9.26 Å². The molecule has 1 unspecified atom stereocenters. The van der Waals surface area contributed by atoms with Crippen molar-refractivity contribution in [3.63, 3.8) is 0 Å². The number of hydrogen-bond donors (Lipinski definition) is 0. The van der Waals surface area contributed by atoms with Crippen LogP contribution in [0.3, 0.4) is 0 Å². The van der Waals surface area contributed by atoms with Gasteiger partial charge in [-0.1, -0.05) is 12.1 Å². The van der Waals surface area contributed by atoms with Gasteiger partial charge in [-0.25, -0.2) is 0 Å². The minimum atomic E-state index is 0.502. The van der Waals surface area contributed by atoms with E-state index in [0.29, 0.717) is 6.04 Å². The number of nitrogens with zero attached hydrogens (tertiary/aromatic N) is 2. The molecule has 0 N–H and O–H groups in total. The highest BCUT2D eigenvalue weighted by Crippen LogP contribution is 2.16. The van der Waals surface area contributed by atoms with Gasteiger partial charge in [0.1, 0.15) is 4.60 Å². The van der Waals surface area contributed by atoms with Gasteiger partial charge in [0.15, 0.2) is 5.76 Å². The minimum Gasteiger partial charge on any atom is -0.378 e. The van der Waals surface area contributed by atoms with Crippen LogP contribution in [-0.4, -0.2) is 35.9 Å². The molecule has 0 radical (unpaired) electrons. The molecule has 0 bridgehead atoms. The highest BCUT2D eigenvalue weighted by molar-refractivity contribution is 9.10. The van der Waals surface area contributed by atoms with Crippen molar-refractivity contribution in [1.29, 1.82) is 0 Å². The Morgan fingerprint density at radius 2 is 2.53 bits per heavy atom. The monoisotopic (exact) mass is 274 g/mol. The molecular formula is C10H15BrN2O2. The van der Waals surface area contributed by atoms with Crippen LogP contribution in [0.2, 0.25) is 0 Å². The van der Waals surface area contributed by atoms with Crippen LogP contribution < -0.4 is 0 Å². The van der Waals surface area contributed by atoms with E-state index in [2.05, 4.69) is 32.9 Å². The van der Waals surface area contributed by atoms with Gasteiger partial charge >= 0.3 is 0 Å². The van der Waals surface area contributed by atoms with E-state index < -0.39 is 0 Å². The predicted molar refractivity (Wildman–Crippen MR) is 59.5 cm³/mol. The van der Waals surface area contributed by atoms with Crippen LogP contribution in [-0.2, 0) is 11.3 Å². The molecule has 84 valence electrons. The molecule has 1 atom stereocenters. The van der Waals surface area contributed by atoms with Crippen molar-refractivity contribution >= 4 is 15.9 Å². The Bertz CT molecular complexity index is 316. The Labute approximate surface area is 97.7 Å². The van der Waals surface area contributed by atoms with Gasteiger partial charge in [-0.2, -0.15) is 0 Å². The molecule has 0 aromatic carbocycles. The fourth-order valence-corrected chi connectivity index (χ4v) is 2.16. The zero-order chi connectivity index (χ0) is 10.7. The maximum atomic E-state index is 5.45. The smallest absolute Gasteiger partial charge is 0.151 e. The second-order valence-corrected chi connectivity index (χ2v) is 4.54. The first kappa shape index (κ1) is 11.1. The fraction of sp³-hybridized carbons (Fsp3) is 0.700. The van der Waals surface area contributed by atoms with Gasteiger partial charge in [-0.3, -0.25) is 4.90 Å². The van der Waals surface area contributed by atoms with Crippen LogP contribution in [0.5, 0.6) is 0 Å². The number of hydrogen-bond acceptors (Lipinski definition) is 4. The summed E-state index contributed by atoms with van der Waals surface area (Å²) in [4.78, 5) is 2.39. The number of rotatable bonds is 3. The van der Waals surface area contributed by atoms with Crippen molar-refractivity contribution in [2.75, 3.05) is 19.8 Å². The third-order valence-electron chi connectivity index (χ3n) is 2.71. The Morgan fingerprint density at radius 3 is 3.20 bits per heavy atom. The van der Waals surface area contributed by atoms with Gasteiger partial charge in [-0.15, -0.1) is 0 Å². The summed E-state index contributed by atoms with van der Waals surface area (Å²) in [6, 6.07) is 2.42. The van der Waals surface area contributed by atoms with Crippen LogP contribution in [0.25, 0.3) is 0 Å². The van der Waals surface area contributed by atoms with E-state index in [1.807, 2.05) is 6.07 Å². The molecule has 1 saturated heterocycles. The summed E-state index contributed by atoms with van der Waals surface area (Å²) < 4.78 is 11.4. The maximum absolute atomic E-state index is 5.45. The first-order chi connectivity index (χ1) is 7.29. The molecule has 15 heavy (non-hydrogen) atoms. The zero-order valence-electron chi connectivity index (χ0n) is 8.78. The summed E-state index contributed by atoms with van der Waals surface area (Å²) in [5, 5.41) is 3.82. The summed E-state index contributed by atoms with van der Waals surface area (Å²) >= 11 is 3.28. The molecule has 1 aliphatic rings. The van der Waals surface area contributed by atoms with Crippen LogP contribution in [0.15, 0.2) is 15.2 Å². The van der Waals surface area contributed by atoms with E-state index >= 15 is 0 Å². The van der Waals surface area contributed by atoms with Crippen LogP contribution >= 0.6 is 15.9 Å². The third-order valence-corrected chi connectivity index (χ3v) is 3.08. The summed E-state index contributed by atoms with van der Waals surface area (Å²) in [7, 11) is 0. The molecule has 1 fully saturated rings. The van der Waals surface area contributed by atoms with Gasteiger partial charge in [0, 0.05) is 18.7 Å². The quantitative estimate of drug-likeness (QED) is 0.846. The van der Waals surface area contributed by atoms with Crippen molar-refractivity contribution in [2.45, 2.75) is 25.9 Å². The number of morpholine rings is 1. The highest BCUT2D eigenvalue weighted by Gasteiger charge is 2.22. The first-order valence-electron chi connectivity index (χ1n) is 5.22. The average molecular weight is 275 g/mol. The zero-order valence-corrected chi connectivity index (χ0v) is 10.4. The van der Waals surface area contributed by atoms with E-state index in [0.717, 1.165) is 43.1 Å². The van der Waals surface area contributed by atoms with Crippen molar-refractivity contribution < 1.29 is 9.26 Å². The molecule has 0 aliphatic carbocycles. The van der Waals surface area contributed by atoms with E-state index in [1.54, 1.807) is 0 Å². The first-order valence-corrected chi connectivity index (χ1v) is 6.01.